The van der Waals surface area contributed by atoms with E-state index >= 15 is 0 Å². The summed E-state index contributed by atoms with van der Waals surface area (Å²) in [6.45, 7) is 2.36. The van der Waals surface area contributed by atoms with E-state index in [0.717, 1.165) is 54.3 Å². The van der Waals surface area contributed by atoms with Gasteiger partial charge < -0.3 is 0 Å². The molecule has 3 unspecified atom stereocenters. The van der Waals surface area contributed by atoms with Gasteiger partial charge in [-0.05, 0) is 99.2 Å². The first-order valence-electron chi connectivity index (χ1n) is 11.2. The van der Waals surface area contributed by atoms with E-state index in [1.165, 1.54) is 51.4 Å². The first-order chi connectivity index (χ1) is 11.7. The summed E-state index contributed by atoms with van der Waals surface area (Å²) >= 11 is 0. The van der Waals surface area contributed by atoms with Gasteiger partial charge in [-0.15, -0.1) is 0 Å². The van der Waals surface area contributed by atoms with Gasteiger partial charge in [0, 0.05) is 12.8 Å². The van der Waals surface area contributed by atoms with E-state index in [0.29, 0.717) is 5.78 Å². The van der Waals surface area contributed by atoms with Gasteiger partial charge in [-0.3, -0.25) is 4.79 Å². The summed E-state index contributed by atoms with van der Waals surface area (Å²) in [6.07, 6.45) is 19.4. The fourth-order valence-corrected chi connectivity index (χ4v) is 7.28. The average Bonchev–Trinajstić information content (AvgIpc) is 2.61. The number of hydrogen-bond acceptors (Lipinski definition) is 1. The summed E-state index contributed by atoms with van der Waals surface area (Å²) in [5, 5.41) is 0. The summed E-state index contributed by atoms with van der Waals surface area (Å²) in [4.78, 5) is 11.7. The number of carbonyl (C=O) groups is 1. The summed E-state index contributed by atoms with van der Waals surface area (Å²) in [5.74, 6) is 7.48. The minimum atomic E-state index is 0.555. The van der Waals surface area contributed by atoms with Gasteiger partial charge in [0.25, 0.3) is 0 Å². The molecule has 0 heterocycles. The molecule has 0 N–H and O–H groups in total. The Kier molecular flexibility index (Phi) is 5.35. The van der Waals surface area contributed by atoms with Crippen LogP contribution in [0, 0.1) is 41.4 Å². The summed E-state index contributed by atoms with van der Waals surface area (Å²) in [7, 11) is 0. The van der Waals surface area contributed by atoms with Crippen molar-refractivity contribution in [3.8, 4) is 0 Å². The Morgan fingerprint density at radius 3 is 1.92 bits per heavy atom. The number of hydrogen-bond donors (Lipinski definition) is 0. The van der Waals surface area contributed by atoms with Crippen molar-refractivity contribution in [2.75, 3.05) is 0 Å². The summed E-state index contributed by atoms with van der Waals surface area (Å²) in [5.41, 5.74) is 0. The van der Waals surface area contributed by atoms with Crippen LogP contribution in [0.2, 0.25) is 0 Å². The second-order valence-electron chi connectivity index (χ2n) is 9.94. The maximum atomic E-state index is 11.7. The number of rotatable bonds is 3. The molecule has 24 heavy (non-hydrogen) atoms. The topological polar surface area (TPSA) is 17.1 Å². The van der Waals surface area contributed by atoms with Crippen LogP contribution in [0.1, 0.15) is 96.8 Å². The van der Waals surface area contributed by atoms with Gasteiger partial charge >= 0.3 is 0 Å². The molecule has 4 fully saturated rings. The fourth-order valence-electron chi connectivity index (χ4n) is 7.28. The van der Waals surface area contributed by atoms with Gasteiger partial charge in [0.2, 0.25) is 0 Å². The number of carbonyl (C=O) groups excluding carboxylic acids is 1. The molecule has 0 aromatic rings. The lowest BCUT2D eigenvalue weighted by Crippen LogP contribution is -2.37. The molecular formula is C23H38O. The SMILES string of the molecule is CCCC1CC[C@@H]2CC(C3CC[C@@H]4CC(=O)CC[C@H]4C3)CC[C@H]2C1. The van der Waals surface area contributed by atoms with Gasteiger partial charge in [0.1, 0.15) is 5.78 Å². The molecule has 1 heteroatoms. The van der Waals surface area contributed by atoms with Gasteiger partial charge in [-0.1, -0.05) is 26.2 Å². The number of ketones is 1. The van der Waals surface area contributed by atoms with Crippen LogP contribution in [-0.4, -0.2) is 5.78 Å². The van der Waals surface area contributed by atoms with Crippen molar-refractivity contribution in [1.82, 2.24) is 0 Å². The summed E-state index contributed by atoms with van der Waals surface area (Å²) < 4.78 is 0. The monoisotopic (exact) mass is 330 g/mol. The third-order valence-electron chi connectivity index (χ3n) is 8.59. The predicted molar refractivity (Wildman–Crippen MR) is 99.7 cm³/mol. The molecule has 4 rings (SSSR count). The molecule has 7 atom stereocenters. The van der Waals surface area contributed by atoms with Crippen LogP contribution in [0.25, 0.3) is 0 Å². The fraction of sp³-hybridized carbons (Fsp3) is 0.957. The zero-order chi connectivity index (χ0) is 16.5. The highest BCUT2D eigenvalue weighted by molar-refractivity contribution is 5.79. The molecule has 4 aliphatic carbocycles. The lowest BCUT2D eigenvalue weighted by atomic mass is 9.58. The normalized spacial score (nSPS) is 46.2. The third kappa shape index (κ3) is 3.61. The number of fused-ring (bicyclic) bond motifs is 2. The van der Waals surface area contributed by atoms with Gasteiger partial charge in [0.05, 0.1) is 0 Å². The Balaban J connectivity index is 1.30. The Morgan fingerprint density at radius 1 is 0.708 bits per heavy atom. The smallest absolute Gasteiger partial charge is 0.133 e. The van der Waals surface area contributed by atoms with E-state index in [1.54, 1.807) is 25.7 Å². The van der Waals surface area contributed by atoms with Crippen LogP contribution in [0.3, 0.4) is 0 Å². The zero-order valence-electron chi connectivity index (χ0n) is 15.8. The van der Waals surface area contributed by atoms with E-state index in [1.807, 2.05) is 0 Å². The zero-order valence-corrected chi connectivity index (χ0v) is 15.8. The first-order valence-corrected chi connectivity index (χ1v) is 11.2. The molecule has 0 aromatic carbocycles. The molecule has 0 amide bonds. The second kappa shape index (κ2) is 7.50. The van der Waals surface area contributed by atoms with Crippen LogP contribution < -0.4 is 0 Å². The van der Waals surface area contributed by atoms with E-state index in [-0.39, 0.29) is 0 Å². The van der Waals surface area contributed by atoms with Crippen molar-refractivity contribution >= 4 is 5.78 Å². The quantitative estimate of drug-likeness (QED) is 0.584. The van der Waals surface area contributed by atoms with Crippen molar-refractivity contribution in [2.24, 2.45) is 41.4 Å². The largest absolute Gasteiger partial charge is 0.300 e. The Bertz CT molecular complexity index is 441. The maximum absolute atomic E-state index is 11.7. The molecule has 136 valence electrons. The molecule has 0 aliphatic heterocycles. The van der Waals surface area contributed by atoms with Crippen molar-refractivity contribution in [3.63, 3.8) is 0 Å². The van der Waals surface area contributed by atoms with E-state index < -0.39 is 0 Å². The number of Topliss-reactive ketones (excluding diaryl/α,β-unsaturated/α-hetero) is 1. The third-order valence-corrected chi connectivity index (χ3v) is 8.59. The standard InChI is InChI=1S/C23H38O/c1-2-3-16-4-5-18-13-19(7-6-17(18)12-16)20-8-9-22-15-23(24)11-10-21(22)14-20/h16-22H,2-15H2,1H3/t16?,17-,18+,19?,20?,21-,22+/m0/s1. The molecule has 0 spiro atoms. The average molecular weight is 331 g/mol. The molecule has 4 saturated carbocycles. The lowest BCUT2D eigenvalue weighted by Gasteiger charge is -2.47. The molecule has 1 nitrogen and oxygen atoms in total. The van der Waals surface area contributed by atoms with Crippen LogP contribution in [0.5, 0.6) is 0 Å². The van der Waals surface area contributed by atoms with E-state index in [2.05, 4.69) is 6.92 Å². The van der Waals surface area contributed by atoms with Crippen LogP contribution in [0.4, 0.5) is 0 Å². The Labute approximate surface area is 149 Å². The van der Waals surface area contributed by atoms with Gasteiger partial charge in [-0.2, -0.15) is 0 Å². The van der Waals surface area contributed by atoms with Crippen LogP contribution in [0.15, 0.2) is 0 Å². The highest BCUT2D eigenvalue weighted by atomic mass is 16.1. The van der Waals surface area contributed by atoms with Gasteiger partial charge in [-0.25, -0.2) is 0 Å². The molecule has 0 radical (unpaired) electrons. The lowest BCUT2D eigenvalue weighted by molar-refractivity contribution is -0.123. The molecule has 4 aliphatic rings. The first kappa shape index (κ1) is 17.1. The summed E-state index contributed by atoms with van der Waals surface area (Å²) in [6, 6.07) is 0. The minimum absolute atomic E-state index is 0.555. The highest BCUT2D eigenvalue weighted by Gasteiger charge is 2.41. The van der Waals surface area contributed by atoms with Crippen molar-refractivity contribution in [2.45, 2.75) is 96.8 Å². The minimum Gasteiger partial charge on any atom is -0.300 e. The Morgan fingerprint density at radius 2 is 1.25 bits per heavy atom. The second-order valence-corrected chi connectivity index (χ2v) is 9.94. The van der Waals surface area contributed by atoms with E-state index in [9.17, 15) is 4.79 Å². The van der Waals surface area contributed by atoms with Crippen molar-refractivity contribution in [1.29, 1.82) is 0 Å². The predicted octanol–water partition coefficient (Wildman–Crippen LogP) is 6.40. The van der Waals surface area contributed by atoms with Crippen molar-refractivity contribution < 1.29 is 4.79 Å². The highest BCUT2D eigenvalue weighted by Crippen LogP contribution is 2.51. The van der Waals surface area contributed by atoms with E-state index in [4.69, 9.17) is 0 Å². The molecule has 0 bridgehead atoms. The molecule has 0 saturated heterocycles. The molecular weight excluding hydrogens is 292 g/mol. The van der Waals surface area contributed by atoms with Crippen LogP contribution in [-0.2, 0) is 4.79 Å². The van der Waals surface area contributed by atoms with Crippen molar-refractivity contribution in [3.05, 3.63) is 0 Å². The maximum Gasteiger partial charge on any atom is 0.133 e. The Hall–Kier alpha value is -0.330. The molecule has 0 aromatic heterocycles. The van der Waals surface area contributed by atoms with Crippen LogP contribution >= 0.6 is 0 Å². The van der Waals surface area contributed by atoms with Gasteiger partial charge in [0.15, 0.2) is 0 Å².